The van der Waals surface area contributed by atoms with E-state index in [0.29, 0.717) is 11.3 Å². The number of amides is 1. The van der Waals surface area contributed by atoms with Crippen molar-refractivity contribution in [2.24, 2.45) is 0 Å². The molecule has 1 atom stereocenters. The van der Waals surface area contributed by atoms with Gasteiger partial charge in [-0.1, -0.05) is 12.1 Å². The highest BCUT2D eigenvalue weighted by molar-refractivity contribution is 6.46. The van der Waals surface area contributed by atoms with Gasteiger partial charge in [-0.2, -0.15) is 0 Å². The molecule has 1 unspecified atom stereocenters. The van der Waals surface area contributed by atoms with Gasteiger partial charge in [0, 0.05) is 12.6 Å². The molecule has 25 heavy (non-hydrogen) atoms. The number of nitrogens with zero attached hydrogens (tertiary/aromatic N) is 1. The number of likely N-dealkylation sites (tertiary alicyclic amines) is 1. The number of carbonyl (C=O) groups is 2. The van der Waals surface area contributed by atoms with Crippen LogP contribution in [0, 0.1) is 5.82 Å². The van der Waals surface area contributed by atoms with Crippen LogP contribution in [0.3, 0.4) is 0 Å². The van der Waals surface area contributed by atoms with Crippen molar-refractivity contribution in [3.05, 3.63) is 71.0 Å². The monoisotopic (exact) mass is 341 g/mol. The molecule has 2 aromatic rings. The summed E-state index contributed by atoms with van der Waals surface area (Å²) in [4.78, 5) is 25.8. The zero-order valence-electron chi connectivity index (χ0n) is 13.7. The minimum absolute atomic E-state index is 0.0238. The molecule has 1 fully saturated rings. The number of methoxy groups -OCH3 is 1. The molecule has 0 saturated carbocycles. The third kappa shape index (κ3) is 2.87. The summed E-state index contributed by atoms with van der Waals surface area (Å²) in [6, 6.07) is 11.2. The van der Waals surface area contributed by atoms with E-state index in [4.69, 9.17) is 4.74 Å². The smallest absolute Gasteiger partial charge is 0.295 e. The first-order chi connectivity index (χ1) is 11.9. The molecular formula is C19H16FNO4. The number of hydrogen-bond donors (Lipinski definition) is 1. The lowest BCUT2D eigenvalue weighted by Gasteiger charge is -2.21. The quantitative estimate of drug-likeness (QED) is 0.530. The minimum Gasteiger partial charge on any atom is -0.507 e. The molecule has 1 aliphatic heterocycles. The number of halogens is 1. The Hall–Kier alpha value is -3.15. The molecule has 1 saturated heterocycles. The number of aliphatic hydroxyl groups excluding tert-OH is 1. The molecule has 3 rings (SSSR count). The maximum Gasteiger partial charge on any atom is 0.295 e. The number of benzene rings is 2. The molecule has 0 spiro atoms. The van der Waals surface area contributed by atoms with Gasteiger partial charge in [0.25, 0.3) is 11.7 Å². The predicted molar refractivity (Wildman–Crippen MR) is 89.5 cm³/mol. The van der Waals surface area contributed by atoms with Gasteiger partial charge in [0.15, 0.2) is 0 Å². The van der Waals surface area contributed by atoms with E-state index in [1.807, 2.05) is 0 Å². The summed E-state index contributed by atoms with van der Waals surface area (Å²) < 4.78 is 18.2. The van der Waals surface area contributed by atoms with Gasteiger partial charge in [0.1, 0.15) is 17.3 Å². The molecule has 128 valence electrons. The fourth-order valence-electron chi connectivity index (χ4n) is 2.89. The SMILES string of the molecule is COc1ccc(C2/C(=C(\O)c3ccc(F)cc3)C(=O)C(=O)N2C)cc1. The summed E-state index contributed by atoms with van der Waals surface area (Å²) in [5.74, 6) is -1.63. The van der Waals surface area contributed by atoms with Crippen molar-refractivity contribution in [2.45, 2.75) is 6.04 Å². The molecule has 1 N–H and O–H groups in total. The predicted octanol–water partition coefficient (Wildman–Crippen LogP) is 2.89. The highest BCUT2D eigenvalue weighted by Gasteiger charge is 2.44. The fraction of sp³-hybridized carbons (Fsp3) is 0.158. The van der Waals surface area contributed by atoms with Crippen LogP contribution >= 0.6 is 0 Å². The lowest BCUT2D eigenvalue weighted by molar-refractivity contribution is -0.139. The molecule has 0 aliphatic carbocycles. The van der Waals surface area contributed by atoms with E-state index in [1.165, 1.54) is 43.3 Å². The lowest BCUT2D eigenvalue weighted by atomic mass is 9.95. The Balaban J connectivity index is 2.13. The Morgan fingerprint density at radius 1 is 1.08 bits per heavy atom. The van der Waals surface area contributed by atoms with Gasteiger partial charge < -0.3 is 14.7 Å². The van der Waals surface area contributed by atoms with E-state index in [2.05, 4.69) is 0 Å². The maximum absolute atomic E-state index is 13.1. The minimum atomic E-state index is -0.773. The van der Waals surface area contributed by atoms with E-state index in [9.17, 15) is 19.1 Å². The van der Waals surface area contributed by atoms with Crippen LogP contribution in [0.1, 0.15) is 17.2 Å². The lowest BCUT2D eigenvalue weighted by Crippen LogP contribution is -2.24. The van der Waals surface area contributed by atoms with E-state index < -0.39 is 23.5 Å². The van der Waals surface area contributed by atoms with Crippen LogP contribution in [0.25, 0.3) is 5.76 Å². The highest BCUT2D eigenvalue weighted by atomic mass is 19.1. The molecule has 1 aliphatic rings. The number of aliphatic hydroxyl groups is 1. The van der Waals surface area contributed by atoms with Crippen molar-refractivity contribution in [2.75, 3.05) is 14.2 Å². The van der Waals surface area contributed by atoms with Gasteiger partial charge >= 0.3 is 0 Å². The first-order valence-corrected chi connectivity index (χ1v) is 7.58. The molecule has 6 heteroatoms. The average molecular weight is 341 g/mol. The number of rotatable bonds is 3. The van der Waals surface area contributed by atoms with Crippen molar-refractivity contribution in [1.29, 1.82) is 0 Å². The molecule has 1 amide bonds. The van der Waals surface area contributed by atoms with Gasteiger partial charge in [-0.15, -0.1) is 0 Å². The Morgan fingerprint density at radius 2 is 1.68 bits per heavy atom. The van der Waals surface area contributed by atoms with Gasteiger partial charge in [-0.25, -0.2) is 4.39 Å². The van der Waals surface area contributed by atoms with Crippen molar-refractivity contribution in [3.63, 3.8) is 0 Å². The molecule has 0 aromatic heterocycles. The molecule has 5 nitrogen and oxygen atoms in total. The number of Topliss-reactive ketones (excluding diaryl/α,β-unsaturated/α-hetero) is 1. The third-order valence-corrected chi connectivity index (χ3v) is 4.22. The zero-order chi connectivity index (χ0) is 18.1. The molecule has 2 aromatic carbocycles. The van der Waals surface area contributed by atoms with E-state index >= 15 is 0 Å². The van der Waals surface area contributed by atoms with E-state index in [0.717, 1.165) is 0 Å². The van der Waals surface area contributed by atoms with E-state index in [-0.39, 0.29) is 16.9 Å². The van der Waals surface area contributed by atoms with Crippen LogP contribution in [0.5, 0.6) is 5.75 Å². The average Bonchev–Trinajstić information content (AvgIpc) is 2.86. The summed E-state index contributed by atoms with van der Waals surface area (Å²) in [5, 5.41) is 10.6. The van der Waals surface area contributed by atoms with Gasteiger partial charge in [-0.05, 0) is 42.0 Å². The Bertz CT molecular complexity index is 856. The largest absolute Gasteiger partial charge is 0.507 e. The fourth-order valence-corrected chi connectivity index (χ4v) is 2.89. The third-order valence-electron chi connectivity index (χ3n) is 4.22. The second-order valence-corrected chi connectivity index (χ2v) is 5.69. The second-order valence-electron chi connectivity index (χ2n) is 5.69. The Labute approximate surface area is 144 Å². The van der Waals surface area contributed by atoms with Crippen molar-refractivity contribution in [1.82, 2.24) is 4.90 Å². The van der Waals surface area contributed by atoms with Gasteiger partial charge in [0.05, 0.1) is 18.7 Å². The topological polar surface area (TPSA) is 66.8 Å². The van der Waals surface area contributed by atoms with Crippen molar-refractivity contribution >= 4 is 17.4 Å². The van der Waals surface area contributed by atoms with Crippen molar-refractivity contribution in [3.8, 4) is 5.75 Å². The molecular weight excluding hydrogens is 325 g/mol. The highest BCUT2D eigenvalue weighted by Crippen LogP contribution is 2.38. The van der Waals surface area contributed by atoms with Gasteiger partial charge in [0.2, 0.25) is 0 Å². The summed E-state index contributed by atoms with van der Waals surface area (Å²) in [5.41, 5.74) is 0.904. The van der Waals surface area contributed by atoms with Gasteiger partial charge in [-0.3, -0.25) is 9.59 Å². The van der Waals surface area contributed by atoms with Crippen LogP contribution < -0.4 is 4.74 Å². The van der Waals surface area contributed by atoms with Crippen LogP contribution in [0.15, 0.2) is 54.1 Å². The van der Waals surface area contributed by atoms with Crippen LogP contribution in [-0.2, 0) is 9.59 Å². The Morgan fingerprint density at radius 3 is 2.24 bits per heavy atom. The van der Waals surface area contributed by atoms with Crippen LogP contribution in [-0.4, -0.2) is 35.9 Å². The summed E-state index contributed by atoms with van der Waals surface area (Å²) in [6.45, 7) is 0. The number of hydrogen-bond acceptors (Lipinski definition) is 4. The van der Waals surface area contributed by atoms with E-state index in [1.54, 1.807) is 24.3 Å². The Kier molecular flexibility index (Phi) is 4.27. The van der Waals surface area contributed by atoms with Crippen molar-refractivity contribution < 1.29 is 23.8 Å². The normalized spacial score (nSPS) is 19.3. The standard InChI is InChI=1S/C19H16FNO4/c1-21-16(11-5-9-14(25-2)10-6-11)15(18(23)19(21)24)17(22)12-3-7-13(20)8-4-12/h3-10,16,22H,1-2H3/b17-15+. The first-order valence-electron chi connectivity index (χ1n) is 7.58. The number of ether oxygens (including phenoxy) is 1. The number of likely N-dealkylation sites (N-methyl/N-ethyl adjacent to an activating group) is 1. The van der Waals surface area contributed by atoms with Crippen LogP contribution in [0.4, 0.5) is 4.39 Å². The summed E-state index contributed by atoms with van der Waals surface area (Å²) in [6.07, 6.45) is 0. The zero-order valence-corrected chi connectivity index (χ0v) is 13.7. The second kappa shape index (κ2) is 6.39. The molecule has 0 bridgehead atoms. The number of ketones is 1. The maximum atomic E-state index is 13.1. The first kappa shape index (κ1) is 16.7. The molecule has 0 radical (unpaired) electrons. The summed E-state index contributed by atoms with van der Waals surface area (Å²) in [7, 11) is 3.04. The number of carbonyl (C=O) groups excluding carboxylic acids is 2. The summed E-state index contributed by atoms with van der Waals surface area (Å²) >= 11 is 0. The molecule has 1 heterocycles. The van der Waals surface area contributed by atoms with Crippen LogP contribution in [0.2, 0.25) is 0 Å².